The van der Waals surface area contributed by atoms with Gasteiger partial charge in [0, 0.05) is 24.6 Å². The first-order valence-electron chi connectivity index (χ1n) is 7.44. The average Bonchev–Trinajstić information content (AvgIpc) is 3.01. The van der Waals surface area contributed by atoms with Crippen LogP contribution in [0.3, 0.4) is 0 Å². The molecule has 1 heterocycles. The van der Waals surface area contributed by atoms with Crippen LogP contribution >= 0.6 is 0 Å². The Labute approximate surface area is 151 Å². The molecule has 0 unspecified atom stereocenters. The first-order chi connectivity index (χ1) is 12.2. The van der Waals surface area contributed by atoms with Gasteiger partial charge >= 0.3 is 0 Å². The predicted octanol–water partition coefficient (Wildman–Crippen LogP) is 1.69. The zero-order valence-corrected chi connectivity index (χ0v) is 15.6. The second kappa shape index (κ2) is 6.54. The first kappa shape index (κ1) is 18.1. The van der Waals surface area contributed by atoms with E-state index in [9.17, 15) is 16.8 Å². The minimum Gasteiger partial charge on any atom is -0.317 e. The molecule has 3 aromatic rings. The topological polar surface area (TPSA) is 111 Å². The van der Waals surface area contributed by atoms with Crippen LogP contribution in [0.5, 0.6) is 0 Å². The Balaban J connectivity index is 1.82. The number of hydrogen-bond donors (Lipinski definition) is 1. The summed E-state index contributed by atoms with van der Waals surface area (Å²) in [6.07, 6.45) is 2.64. The zero-order valence-electron chi connectivity index (χ0n) is 14.0. The summed E-state index contributed by atoms with van der Waals surface area (Å²) >= 11 is 0. The molecule has 2 aromatic carbocycles. The van der Waals surface area contributed by atoms with Gasteiger partial charge in [-0.2, -0.15) is 0 Å². The highest BCUT2D eigenvalue weighted by Gasteiger charge is 2.16. The van der Waals surface area contributed by atoms with E-state index in [2.05, 4.69) is 14.9 Å². The summed E-state index contributed by atoms with van der Waals surface area (Å²) in [6.45, 7) is 0. The van der Waals surface area contributed by atoms with E-state index in [1.54, 1.807) is 35.2 Å². The molecule has 0 aliphatic rings. The van der Waals surface area contributed by atoms with Crippen molar-refractivity contribution in [2.24, 2.45) is 7.05 Å². The molecule has 0 amide bonds. The van der Waals surface area contributed by atoms with Crippen LogP contribution in [0.1, 0.15) is 0 Å². The molecule has 0 radical (unpaired) electrons. The summed E-state index contributed by atoms with van der Waals surface area (Å²) in [5, 5.41) is 7.79. The van der Waals surface area contributed by atoms with Crippen LogP contribution in [0.2, 0.25) is 0 Å². The van der Waals surface area contributed by atoms with E-state index in [4.69, 9.17) is 0 Å². The molecule has 0 fully saturated rings. The van der Waals surface area contributed by atoms with Gasteiger partial charge in [0.25, 0.3) is 10.0 Å². The van der Waals surface area contributed by atoms with Gasteiger partial charge in [0.05, 0.1) is 9.79 Å². The third-order valence-electron chi connectivity index (χ3n) is 3.67. The van der Waals surface area contributed by atoms with Crippen molar-refractivity contribution < 1.29 is 16.8 Å². The smallest absolute Gasteiger partial charge is 0.261 e. The molecule has 8 nitrogen and oxygen atoms in total. The monoisotopic (exact) mass is 392 g/mol. The molecule has 0 spiro atoms. The summed E-state index contributed by atoms with van der Waals surface area (Å²) < 4.78 is 52.0. The van der Waals surface area contributed by atoms with E-state index in [0.717, 1.165) is 11.8 Å². The molecule has 0 aliphatic heterocycles. The quantitative estimate of drug-likeness (QED) is 0.707. The van der Waals surface area contributed by atoms with Gasteiger partial charge in [-0.15, -0.1) is 10.2 Å². The lowest BCUT2D eigenvalue weighted by Crippen LogP contribution is -2.13. The van der Waals surface area contributed by atoms with Gasteiger partial charge in [0.15, 0.2) is 15.7 Å². The fourth-order valence-corrected chi connectivity index (χ4v) is 4.00. The Kier molecular flexibility index (Phi) is 4.55. The normalized spacial score (nSPS) is 12.1. The first-order valence-corrected chi connectivity index (χ1v) is 10.8. The molecule has 3 rings (SSSR count). The Hall–Kier alpha value is -2.72. The average molecular weight is 392 g/mol. The standard InChI is InChI=1S/C16H16N4O4S2/c1-20-11-17-18-16(20)12-3-5-13(6-4-12)19-26(23,24)15-9-7-14(8-10-15)25(2,21)22/h3-11,19H,1-2H3. The van der Waals surface area contributed by atoms with Gasteiger partial charge in [-0.1, -0.05) is 0 Å². The van der Waals surface area contributed by atoms with E-state index in [1.165, 1.54) is 24.3 Å². The van der Waals surface area contributed by atoms with Crippen molar-refractivity contribution in [3.8, 4) is 11.4 Å². The van der Waals surface area contributed by atoms with Crippen molar-refractivity contribution in [1.29, 1.82) is 0 Å². The lowest BCUT2D eigenvalue weighted by molar-refractivity contribution is 0.597. The number of nitrogens with zero attached hydrogens (tertiary/aromatic N) is 3. The molecule has 0 saturated heterocycles. The minimum absolute atomic E-state index is 0.0257. The molecule has 10 heteroatoms. The molecule has 1 N–H and O–H groups in total. The largest absolute Gasteiger partial charge is 0.317 e. The molecule has 136 valence electrons. The van der Waals surface area contributed by atoms with Crippen LogP contribution in [0.25, 0.3) is 11.4 Å². The van der Waals surface area contributed by atoms with Crippen LogP contribution in [0, 0.1) is 0 Å². The van der Waals surface area contributed by atoms with Crippen LogP contribution in [0.4, 0.5) is 5.69 Å². The lowest BCUT2D eigenvalue weighted by Gasteiger charge is -2.09. The second-order valence-corrected chi connectivity index (χ2v) is 9.39. The number of nitrogens with one attached hydrogen (secondary N) is 1. The lowest BCUT2D eigenvalue weighted by atomic mass is 10.2. The van der Waals surface area contributed by atoms with Crippen LogP contribution in [-0.2, 0) is 26.9 Å². The highest BCUT2D eigenvalue weighted by molar-refractivity contribution is 7.92. The highest BCUT2D eigenvalue weighted by Crippen LogP contribution is 2.22. The van der Waals surface area contributed by atoms with E-state index < -0.39 is 19.9 Å². The molecule has 1 aromatic heterocycles. The van der Waals surface area contributed by atoms with Crippen molar-refractivity contribution in [1.82, 2.24) is 14.8 Å². The maximum Gasteiger partial charge on any atom is 0.261 e. The van der Waals surface area contributed by atoms with Crippen molar-refractivity contribution in [2.45, 2.75) is 9.79 Å². The molecule has 0 aliphatic carbocycles. The number of rotatable bonds is 5. The Morgan fingerprint density at radius 2 is 1.46 bits per heavy atom. The summed E-state index contributed by atoms with van der Waals surface area (Å²) in [4.78, 5) is 0.0340. The van der Waals surface area contributed by atoms with Crippen LogP contribution in [0.15, 0.2) is 64.6 Å². The fraction of sp³-hybridized carbons (Fsp3) is 0.125. The third kappa shape index (κ3) is 3.75. The number of sulfonamides is 1. The van der Waals surface area contributed by atoms with Crippen LogP contribution < -0.4 is 4.72 Å². The van der Waals surface area contributed by atoms with Crippen LogP contribution in [-0.4, -0.2) is 37.9 Å². The number of hydrogen-bond acceptors (Lipinski definition) is 6. The van der Waals surface area contributed by atoms with Gasteiger partial charge in [-0.05, 0) is 48.5 Å². The van der Waals surface area contributed by atoms with Crippen molar-refractivity contribution in [3.63, 3.8) is 0 Å². The maximum atomic E-state index is 12.4. The highest BCUT2D eigenvalue weighted by atomic mass is 32.2. The maximum absolute atomic E-state index is 12.4. The van der Waals surface area contributed by atoms with E-state index in [-0.39, 0.29) is 9.79 Å². The number of aryl methyl sites for hydroxylation is 1. The fourth-order valence-electron chi connectivity index (χ4n) is 2.31. The van der Waals surface area contributed by atoms with Crippen molar-refractivity contribution in [3.05, 3.63) is 54.9 Å². The molecule has 26 heavy (non-hydrogen) atoms. The number of benzene rings is 2. The number of sulfone groups is 1. The van der Waals surface area contributed by atoms with Gasteiger partial charge in [0.2, 0.25) is 0 Å². The molecular formula is C16H16N4O4S2. The molecule has 0 atom stereocenters. The number of aromatic nitrogens is 3. The summed E-state index contributed by atoms with van der Waals surface area (Å²) in [5.41, 5.74) is 1.17. The summed E-state index contributed by atoms with van der Waals surface area (Å²) in [6, 6.07) is 11.7. The molecular weight excluding hydrogens is 376 g/mol. The van der Waals surface area contributed by atoms with Gasteiger partial charge in [-0.3, -0.25) is 4.72 Å². The molecule has 0 bridgehead atoms. The molecule has 0 saturated carbocycles. The summed E-state index contributed by atoms with van der Waals surface area (Å²) in [7, 11) is -5.40. The minimum atomic E-state index is -3.83. The van der Waals surface area contributed by atoms with Gasteiger partial charge in [0.1, 0.15) is 6.33 Å². The van der Waals surface area contributed by atoms with Gasteiger partial charge < -0.3 is 4.57 Å². The van der Waals surface area contributed by atoms with Crippen molar-refractivity contribution >= 4 is 25.5 Å². The summed E-state index contributed by atoms with van der Waals surface area (Å²) in [5.74, 6) is 0.663. The van der Waals surface area contributed by atoms with E-state index >= 15 is 0 Å². The third-order valence-corrected chi connectivity index (χ3v) is 6.19. The van der Waals surface area contributed by atoms with E-state index in [0.29, 0.717) is 11.5 Å². The van der Waals surface area contributed by atoms with Gasteiger partial charge in [-0.25, -0.2) is 16.8 Å². The number of anilines is 1. The predicted molar refractivity (Wildman–Crippen MR) is 96.8 cm³/mol. The van der Waals surface area contributed by atoms with Crippen molar-refractivity contribution in [2.75, 3.05) is 11.0 Å². The Morgan fingerprint density at radius 1 is 0.885 bits per heavy atom. The zero-order chi connectivity index (χ0) is 18.9. The Morgan fingerprint density at radius 3 is 1.96 bits per heavy atom. The van der Waals surface area contributed by atoms with E-state index in [1.807, 2.05) is 7.05 Å². The SMILES string of the molecule is Cn1cnnc1-c1ccc(NS(=O)(=O)c2ccc(S(C)(=O)=O)cc2)cc1. The Bertz CT molecular complexity index is 1130. The second-order valence-electron chi connectivity index (χ2n) is 5.69.